The molecule has 9 heteroatoms. The number of hydrogen-bond acceptors (Lipinski definition) is 4. The number of amides is 1. The molecule has 2 aromatic carbocycles. The first-order valence-corrected chi connectivity index (χ1v) is 7.59. The predicted octanol–water partition coefficient (Wildman–Crippen LogP) is 4.50. The molecule has 2 aromatic rings. The highest BCUT2D eigenvalue weighted by Crippen LogP contribution is 2.32. The number of nitro groups is 1. The summed E-state index contributed by atoms with van der Waals surface area (Å²) in [5, 5.41) is 13.2. The first-order chi connectivity index (χ1) is 11.3. The lowest BCUT2D eigenvalue weighted by molar-refractivity contribution is -0.384. The first-order valence-electron chi connectivity index (χ1n) is 6.60. The maximum absolute atomic E-state index is 12.3. The second kappa shape index (κ2) is 7.35. The van der Waals surface area contributed by atoms with Crippen LogP contribution in [0.3, 0.4) is 0 Å². The average molecular weight is 356 g/mol. The van der Waals surface area contributed by atoms with Gasteiger partial charge in [-0.05, 0) is 18.2 Å². The molecule has 0 saturated heterocycles. The van der Waals surface area contributed by atoms with Crippen LogP contribution in [0.15, 0.2) is 53.4 Å². The van der Waals surface area contributed by atoms with Gasteiger partial charge in [0.1, 0.15) is 0 Å². The van der Waals surface area contributed by atoms with Gasteiger partial charge in [-0.15, -0.1) is 11.8 Å². The highest BCUT2D eigenvalue weighted by Gasteiger charge is 2.27. The van der Waals surface area contributed by atoms with Crippen LogP contribution >= 0.6 is 11.8 Å². The molecule has 0 unspecified atom stereocenters. The Hall–Kier alpha value is -2.55. The molecule has 1 amide bonds. The molecule has 0 aliphatic rings. The molecule has 24 heavy (non-hydrogen) atoms. The van der Waals surface area contributed by atoms with E-state index in [2.05, 4.69) is 5.32 Å². The minimum Gasteiger partial charge on any atom is -0.321 e. The number of anilines is 1. The second-order valence-corrected chi connectivity index (χ2v) is 5.68. The minimum absolute atomic E-state index is 0.0415. The molecule has 5 nitrogen and oxygen atoms in total. The summed E-state index contributed by atoms with van der Waals surface area (Å²) in [6, 6.07) is 11.1. The zero-order valence-electron chi connectivity index (χ0n) is 12.0. The number of nitro benzene ring substituents is 1. The number of nitrogens with zero attached hydrogens (tertiary/aromatic N) is 1. The van der Waals surface area contributed by atoms with E-state index in [1.807, 2.05) is 0 Å². The molecule has 1 N–H and O–H groups in total. The Morgan fingerprint density at radius 1 is 1.17 bits per heavy atom. The van der Waals surface area contributed by atoms with Gasteiger partial charge < -0.3 is 5.32 Å². The number of nitrogens with one attached hydrogen (secondary N) is 1. The fourth-order valence-corrected chi connectivity index (χ4v) is 2.58. The van der Waals surface area contributed by atoms with Crippen molar-refractivity contribution in [2.75, 3.05) is 11.1 Å². The van der Waals surface area contributed by atoms with Gasteiger partial charge in [-0.2, -0.15) is 13.2 Å². The molecular formula is C15H11F3N2O3S. The third-order valence-corrected chi connectivity index (χ3v) is 3.98. The third kappa shape index (κ3) is 4.98. The van der Waals surface area contributed by atoms with E-state index < -0.39 is 22.8 Å². The molecule has 0 radical (unpaired) electrons. The average Bonchev–Trinajstić information content (AvgIpc) is 2.53. The zero-order valence-corrected chi connectivity index (χ0v) is 12.9. The summed E-state index contributed by atoms with van der Waals surface area (Å²) in [4.78, 5) is 22.5. The number of non-ortho nitro benzene ring substituents is 1. The van der Waals surface area contributed by atoms with Crippen LogP contribution in [-0.2, 0) is 0 Å². The van der Waals surface area contributed by atoms with Gasteiger partial charge in [-0.1, -0.05) is 18.2 Å². The van der Waals surface area contributed by atoms with Crippen LogP contribution in [0.1, 0.15) is 10.4 Å². The van der Waals surface area contributed by atoms with Crippen molar-refractivity contribution in [2.24, 2.45) is 0 Å². The molecule has 0 atom stereocenters. The minimum atomic E-state index is -4.33. The van der Waals surface area contributed by atoms with Gasteiger partial charge >= 0.3 is 6.18 Å². The Morgan fingerprint density at radius 3 is 2.54 bits per heavy atom. The normalized spacial score (nSPS) is 11.1. The van der Waals surface area contributed by atoms with Crippen LogP contribution in [0, 0.1) is 10.1 Å². The molecule has 0 spiro atoms. The first kappa shape index (κ1) is 17.8. The molecule has 0 heterocycles. The van der Waals surface area contributed by atoms with Crippen molar-refractivity contribution in [1.29, 1.82) is 0 Å². The molecule has 0 saturated carbocycles. The number of carbonyl (C=O) groups is 1. The smallest absolute Gasteiger partial charge is 0.321 e. The number of thioether (sulfide) groups is 1. The van der Waals surface area contributed by atoms with Crippen LogP contribution in [-0.4, -0.2) is 22.8 Å². The lowest BCUT2D eigenvalue weighted by Gasteiger charge is -2.12. The van der Waals surface area contributed by atoms with Crippen molar-refractivity contribution in [3.8, 4) is 0 Å². The van der Waals surface area contributed by atoms with Crippen LogP contribution in [0.4, 0.5) is 24.5 Å². The summed E-state index contributed by atoms with van der Waals surface area (Å²) in [5.41, 5.74) is 0.00506. The summed E-state index contributed by atoms with van der Waals surface area (Å²) >= 11 is 0.551. The highest BCUT2D eigenvalue weighted by atomic mass is 32.2. The Morgan fingerprint density at radius 2 is 1.88 bits per heavy atom. The standard InChI is InChI=1S/C15H11F3N2O3S/c16-15(17,18)9-24-13-7-2-1-6-12(13)19-14(21)10-4-3-5-11(8-10)20(22)23/h1-8H,9H2,(H,19,21). The summed E-state index contributed by atoms with van der Waals surface area (Å²) in [5.74, 6) is -1.73. The number of rotatable bonds is 5. The van der Waals surface area contributed by atoms with Crippen molar-refractivity contribution in [3.63, 3.8) is 0 Å². The van der Waals surface area contributed by atoms with Crippen molar-refractivity contribution in [2.45, 2.75) is 11.1 Å². The summed E-state index contributed by atoms with van der Waals surface area (Å²) in [7, 11) is 0. The number of carbonyl (C=O) groups excluding carboxylic acids is 1. The van der Waals surface area contributed by atoms with Gasteiger partial charge in [-0.25, -0.2) is 0 Å². The fourth-order valence-electron chi connectivity index (χ4n) is 1.81. The van der Waals surface area contributed by atoms with Gasteiger partial charge in [0.2, 0.25) is 0 Å². The molecule has 0 bridgehead atoms. The zero-order chi connectivity index (χ0) is 17.7. The molecular weight excluding hydrogens is 345 g/mol. The lowest BCUT2D eigenvalue weighted by Crippen LogP contribution is -2.14. The lowest BCUT2D eigenvalue weighted by atomic mass is 10.2. The SMILES string of the molecule is O=C(Nc1ccccc1SCC(F)(F)F)c1cccc([N+](=O)[O-])c1. The molecule has 0 aliphatic heterocycles. The number of para-hydroxylation sites is 1. The number of hydrogen-bond donors (Lipinski definition) is 1. The molecule has 0 fully saturated rings. The van der Waals surface area contributed by atoms with Crippen molar-refractivity contribution >= 4 is 29.0 Å². The summed E-state index contributed by atoms with van der Waals surface area (Å²) < 4.78 is 37.0. The number of halogens is 3. The number of alkyl halides is 3. The van der Waals surface area contributed by atoms with E-state index in [4.69, 9.17) is 0 Å². The van der Waals surface area contributed by atoms with E-state index in [9.17, 15) is 28.1 Å². The van der Waals surface area contributed by atoms with Crippen LogP contribution in [0.25, 0.3) is 0 Å². The fraction of sp³-hybridized carbons (Fsp3) is 0.133. The van der Waals surface area contributed by atoms with Gasteiger partial charge in [0.25, 0.3) is 11.6 Å². The van der Waals surface area contributed by atoms with E-state index in [-0.39, 0.29) is 21.8 Å². The predicted molar refractivity (Wildman–Crippen MR) is 84.3 cm³/mol. The Kier molecular flexibility index (Phi) is 5.45. The largest absolute Gasteiger partial charge is 0.398 e. The van der Waals surface area contributed by atoms with Gasteiger partial charge in [0.15, 0.2) is 0 Å². The third-order valence-electron chi connectivity index (χ3n) is 2.85. The summed E-state index contributed by atoms with van der Waals surface area (Å²) in [6.45, 7) is 0. The van der Waals surface area contributed by atoms with Crippen molar-refractivity contribution < 1.29 is 22.9 Å². The van der Waals surface area contributed by atoms with E-state index in [0.717, 1.165) is 6.07 Å². The van der Waals surface area contributed by atoms with Crippen LogP contribution < -0.4 is 5.32 Å². The van der Waals surface area contributed by atoms with E-state index in [1.54, 1.807) is 12.1 Å². The molecule has 126 valence electrons. The van der Waals surface area contributed by atoms with E-state index in [1.165, 1.54) is 30.3 Å². The van der Waals surface area contributed by atoms with Crippen molar-refractivity contribution in [1.82, 2.24) is 0 Å². The van der Waals surface area contributed by atoms with E-state index >= 15 is 0 Å². The van der Waals surface area contributed by atoms with Gasteiger partial charge in [0, 0.05) is 22.6 Å². The molecule has 0 aromatic heterocycles. The Balaban J connectivity index is 2.17. The van der Waals surface area contributed by atoms with Gasteiger partial charge in [-0.3, -0.25) is 14.9 Å². The van der Waals surface area contributed by atoms with Gasteiger partial charge in [0.05, 0.1) is 16.4 Å². The van der Waals surface area contributed by atoms with Crippen LogP contribution in [0.5, 0.6) is 0 Å². The molecule has 0 aliphatic carbocycles. The Bertz CT molecular complexity index is 766. The Labute approximate surface area is 139 Å². The van der Waals surface area contributed by atoms with Crippen molar-refractivity contribution in [3.05, 3.63) is 64.2 Å². The number of benzene rings is 2. The maximum atomic E-state index is 12.3. The quantitative estimate of drug-likeness (QED) is 0.486. The maximum Gasteiger partial charge on any atom is 0.398 e. The summed E-state index contributed by atoms with van der Waals surface area (Å²) in [6.07, 6.45) is -4.33. The van der Waals surface area contributed by atoms with Crippen LogP contribution in [0.2, 0.25) is 0 Å². The topological polar surface area (TPSA) is 72.2 Å². The molecule has 2 rings (SSSR count). The second-order valence-electron chi connectivity index (χ2n) is 4.66. The highest BCUT2D eigenvalue weighted by molar-refractivity contribution is 7.99. The monoisotopic (exact) mass is 356 g/mol. The van der Waals surface area contributed by atoms with E-state index in [0.29, 0.717) is 11.8 Å².